The highest BCUT2D eigenvalue weighted by Crippen LogP contribution is 2.07. The van der Waals surface area contributed by atoms with Gasteiger partial charge in [-0.1, -0.05) is 0 Å². The van der Waals surface area contributed by atoms with Crippen LogP contribution in [0.4, 0.5) is 5.95 Å². The molecule has 8 heteroatoms. The van der Waals surface area contributed by atoms with Crippen LogP contribution in [0.5, 0.6) is 0 Å². The highest BCUT2D eigenvalue weighted by Gasteiger charge is 2.11. The van der Waals surface area contributed by atoms with Crippen molar-refractivity contribution in [1.29, 1.82) is 0 Å². The number of anilines is 1. The number of likely N-dealkylation sites (N-methyl/N-ethyl adjacent to an activating group) is 1. The fourth-order valence-electron chi connectivity index (χ4n) is 1.60. The monoisotopic (exact) mass is 290 g/mol. The summed E-state index contributed by atoms with van der Waals surface area (Å²) in [5.74, 6) is -0.737. The van der Waals surface area contributed by atoms with E-state index in [1.165, 1.54) is 12.1 Å². The summed E-state index contributed by atoms with van der Waals surface area (Å²) in [6, 6.07) is 4.54. The highest BCUT2D eigenvalue weighted by atomic mass is 16.4. The number of aromatic carboxylic acids is 1. The summed E-state index contributed by atoms with van der Waals surface area (Å²) in [5.41, 5.74) is 0. The van der Waals surface area contributed by atoms with E-state index in [2.05, 4.69) is 15.3 Å². The van der Waals surface area contributed by atoms with Gasteiger partial charge < -0.3 is 19.7 Å². The summed E-state index contributed by atoms with van der Waals surface area (Å²) >= 11 is 0. The number of amides is 1. The molecule has 0 spiro atoms. The predicted molar refractivity (Wildman–Crippen MR) is 72.8 cm³/mol. The zero-order chi connectivity index (χ0) is 15.2. The molecular formula is C13H14N4O4. The Bertz CT molecular complexity index is 626. The van der Waals surface area contributed by atoms with E-state index in [0.29, 0.717) is 11.7 Å². The summed E-state index contributed by atoms with van der Waals surface area (Å²) in [7, 11) is 1.70. The van der Waals surface area contributed by atoms with Crippen LogP contribution in [0, 0.1) is 0 Å². The first-order valence-electron chi connectivity index (χ1n) is 6.13. The van der Waals surface area contributed by atoms with Gasteiger partial charge in [-0.25, -0.2) is 14.8 Å². The van der Waals surface area contributed by atoms with E-state index in [4.69, 9.17) is 9.52 Å². The van der Waals surface area contributed by atoms with Gasteiger partial charge in [-0.05, 0) is 18.2 Å². The Morgan fingerprint density at radius 2 is 2.05 bits per heavy atom. The standard InChI is InChI=1S/C13H14N4O4/c1-17(13-14-5-2-6-15-13)8-11(18)16-7-9-3-4-10(21-9)12(19)20/h2-6H,7-8H2,1H3,(H,16,18)(H,19,20). The Labute approximate surface area is 120 Å². The molecule has 0 fully saturated rings. The normalized spacial score (nSPS) is 10.1. The van der Waals surface area contributed by atoms with E-state index in [1.54, 1.807) is 30.4 Å². The van der Waals surface area contributed by atoms with Gasteiger partial charge in [0, 0.05) is 19.4 Å². The third-order valence-electron chi connectivity index (χ3n) is 2.61. The SMILES string of the molecule is CN(CC(=O)NCc1ccc(C(=O)O)o1)c1ncccn1. The molecule has 2 rings (SSSR count). The topological polar surface area (TPSA) is 109 Å². The van der Waals surface area contributed by atoms with Crippen LogP contribution in [0.2, 0.25) is 0 Å². The van der Waals surface area contributed by atoms with Gasteiger partial charge in [-0.3, -0.25) is 4.79 Å². The molecule has 0 saturated carbocycles. The average molecular weight is 290 g/mol. The molecule has 2 aromatic rings. The molecule has 0 saturated heterocycles. The number of hydrogen-bond acceptors (Lipinski definition) is 6. The van der Waals surface area contributed by atoms with Gasteiger partial charge in [0.1, 0.15) is 5.76 Å². The summed E-state index contributed by atoms with van der Waals surface area (Å²) in [6.45, 7) is 0.201. The van der Waals surface area contributed by atoms with Crippen molar-refractivity contribution < 1.29 is 19.1 Å². The van der Waals surface area contributed by atoms with Crippen molar-refractivity contribution in [1.82, 2.24) is 15.3 Å². The summed E-state index contributed by atoms with van der Waals surface area (Å²) < 4.78 is 5.03. The Hall–Kier alpha value is -2.90. The van der Waals surface area contributed by atoms with Crippen molar-refractivity contribution in [2.75, 3.05) is 18.5 Å². The van der Waals surface area contributed by atoms with E-state index >= 15 is 0 Å². The zero-order valence-electron chi connectivity index (χ0n) is 11.3. The van der Waals surface area contributed by atoms with E-state index in [9.17, 15) is 9.59 Å². The lowest BCUT2D eigenvalue weighted by Gasteiger charge is -2.15. The summed E-state index contributed by atoms with van der Waals surface area (Å²) in [4.78, 5) is 32.1. The summed E-state index contributed by atoms with van der Waals surface area (Å²) in [5, 5.41) is 11.3. The van der Waals surface area contributed by atoms with Gasteiger partial charge in [0.25, 0.3) is 0 Å². The van der Waals surface area contributed by atoms with Crippen LogP contribution in [0.3, 0.4) is 0 Å². The molecule has 0 radical (unpaired) electrons. The number of aromatic nitrogens is 2. The van der Waals surface area contributed by atoms with Gasteiger partial charge >= 0.3 is 5.97 Å². The van der Waals surface area contributed by atoms with Crippen molar-refractivity contribution in [2.45, 2.75) is 6.54 Å². The van der Waals surface area contributed by atoms with E-state index in [0.717, 1.165) is 0 Å². The molecule has 0 unspecified atom stereocenters. The molecule has 0 aliphatic carbocycles. The lowest BCUT2D eigenvalue weighted by Crippen LogP contribution is -2.35. The van der Waals surface area contributed by atoms with Crippen LogP contribution in [-0.4, -0.2) is 40.5 Å². The van der Waals surface area contributed by atoms with Crippen molar-refractivity contribution in [3.63, 3.8) is 0 Å². The van der Waals surface area contributed by atoms with Gasteiger partial charge in [-0.15, -0.1) is 0 Å². The minimum absolute atomic E-state index is 0.0799. The maximum Gasteiger partial charge on any atom is 0.371 e. The lowest BCUT2D eigenvalue weighted by atomic mass is 10.4. The van der Waals surface area contributed by atoms with Crippen molar-refractivity contribution in [3.8, 4) is 0 Å². The largest absolute Gasteiger partial charge is 0.475 e. The molecule has 2 heterocycles. The minimum Gasteiger partial charge on any atom is -0.475 e. The number of rotatable bonds is 6. The number of carbonyl (C=O) groups excluding carboxylic acids is 1. The Morgan fingerprint density at radius 3 is 2.67 bits per heavy atom. The van der Waals surface area contributed by atoms with Gasteiger partial charge in [0.05, 0.1) is 13.1 Å². The smallest absolute Gasteiger partial charge is 0.371 e. The number of nitrogens with zero attached hydrogens (tertiary/aromatic N) is 3. The second kappa shape index (κ2) is 6.51. The molecule has 1 amide bonds. The quantitative estimate of drug-likeness (QED) is 0.798. The van der Waals surface area contributed by atoms with Crippen molar-refractivity contribution in [2.24, 2.45) is 0 Å². The minimum atomic E-state index is -1.14. The highest BCUT2D eigenvalue weighted by molar-refractivity contribution is 5.84. The first-order valence-corrected chi connectivity index (χ1v) is 6.13. The molecule has 0 aromatic carbocycles. The fourth-order valence-corrected chi connectivity index (χ4v) is 1.60. The lowest BCUT2D eigenvalue weighted by molar-refractivity contribution is -0.120. The number of nitrogens with one attached hydrogen (secondary N) is 1. The van der Waals surface area contributed by atoms with Crippen LogP contribution in [0.15, 0.2) is 35.0 Å². The second-order valence-electron chi connectivity index (χ2n) is 4.25. The van der Waals surface area contributed by atoms with Gasteiger partial charge in [-0.2, -0.15) is 0 Å². The zero-order valence-corrected chi connectivity index (χ0v) is 11.3. The number of carboxylic acids is 1. The first-order chi connectivity index (χ1) is 10.1. The molecule has 110 valence electrons. The van der Waals surface area contributed by atoms with E-state index < -0.39 is 5.97 Å². The van der Waals surface area contributed by atoms with Gasteiger partial charge in [0.15, 0.2) is 0 Å². The van der Waals surface area contributed by atoms with Crippen LogP contribution in [0.1, 0.15) is 16.3 Å². The molecule has 0 atom stereocenters. The molecular weight excluding hydrogens is 276 g/mol. The van der Waals surface area contributed by atoms with Gasteiger partial charge in [0.2, 0.25) is 17.6 Å². The number of furan rings is 1. The van der Waals surface area contributed by atoms with Crippen LogP contribution in [0.25, 0.3) is 0 Å². The van der Waals surface area contributed by atoms with E-state index in [1.807, 2.05) is 0 Å². The Morgan fingerprint density at radius 1 is 1.33 bits per heavy atom. The van der Waals surface area contributed by atoms with Crippen molar-refractivity contribution >= 4 is 17.8 Å². The third-order valence-corrected chi connectivity index (χ3v) is 2.61. The van der Waals surface area contributed by atoms with Crippen LogP contribution < -0.4 is 10.2 Å². The molecule has 0 aliphatic rings. The fraction of sp³-hybridized carbons (Fsp3) is 0.231. The van der Waals surface area contributed by atoms with Crippen LogP contribution >= 0.6 is 0 Å². The van der Waals surface area contributed by atoms with Crippen molar-refractivity contribution in [3.05, 3.63) is 42.1 Å². The Kier molecular flexibility index (Phi) is 4.50. The Balaban J connectivity index is 1.83. The predicted octanol–water partition coefficient (Wildman–Crippen LogP) is 0.520. The summed E-state index contributed by atoms with van der Waals surface area (Å²) in [6.07, 6.45) is 3.18. The molecule has 0 aliphatic heterocycles. The molecule has 2 N–H and O–H groups in total. The van der Waals surface area contributed by atoms with Crippen LogP contribution in [-0.2, 0) is 11.3 Å². The van der Waals surface area contributed by atoms with E-state index in [-0.39, 0.29) is 24.8 Å². The maximum absolute atomic E-state index is 11.8. The maximum atomic E-state index is 11.8. The second-order valence-corrected chi connectivity index (χ2v) is 4.25. The molecule has 0 bridgehead atoms. The molecule has 8 nitrogen and oxygen atoms in total. The number of hydrogen-bond donors (Lipinski definition) is 2. The number of carboxylic acid groups (broad SMARTS) is 1. The molecule has 21 heavy (non-hydrogen) atoms. The third kappa shape index (κ3) is 4.03. The first kappa shape index (κ1) is 14.5. The average Bonchev–Trinajstić information content (AvgIpc) is 2.95. The molecule has 2 aromatic heterocycles. The number of carbonyl (C=O) groups is 2.